The number of furan rings is 1. The van der Waals surface area contributed by atoms with Gasteiger partial charge in [0.05, 0.1) is 17.6 Å². The maximum Gasteiger partial charge on any atom is 0.326 e. The monoisotopic (exact) mass is 340 g/mol. The van der Waals surface area contributed by atoms with E-state index in [0.717, 1.165) is 23.9 Å². The van der Waals surface area contributed by atoms with E-state index in [1.54, 1.807) is 17.0 Å². The molecule has 1 aliphatic heterocycles. The van der Waals surface area contributed by atoms with Gasteiger partial charge in [0.1, 0.15) is 5.76 Å². The molecular formula is C18H20N4O3. The minimum Gasteiger partial charge on any atom is -0.455 e. The van der Waals surface area contributed by atoms with E-state index in [4.69, 9.17) is 10.2 Å². The number of amides is 1. The van der Waals surface area contributed by atoms with Crippen LogP contribution in [0.15, 0.2) is 45.6 Å². The van der Waals surface area contributed by atoms with Crippen molar-refractivity contribution in [2.45, 2.75) is 25.4 Å². The maximum atomic E-state index is 12.5. The molecular weight excluding hydrogens is 320 g/mol. The van der Waals surface area contributed by atoms with Crippen LogP contribution in [0.2, 0.25) is 0 Å². The summed E-state index contributed by atoms with van der Waals surface area (Å²) in [4.78, 5) is 29.5. The highest BCUT2D eigenvalue weighted by molar-refractivity contribution is 5.91. The minimum absolute atomic E-state index is 0.0869. The molecule has 1 aliphatic rings. The van der Waals surface area contributed by atoms with Gasteiger partial charge < -0.3 is 20.0 Å². The molecule has 0 unspecified atom stereocenters. The molecule has 1 amide bonds. The number of carbonyl (C=O) groups is 1. The van der Waals surface area contributed by atoms with Gasteiger partial charge in [0.15, 0.2) is 5.76 Å². The zero-order valence-electron chi connectivity index (χ0n) is 13.8. The second-order valence-corrected chi connectivity index (χ2v) is 6.31. The number of aromatic amines is 1. The first-order valence-corrected chi connectivity index (χ1v) is 8.44. The SMILES string of the molecule is NCc1ccc(C(=O)N2CCC(n3c(=O)[nH]c4ccccc43)CC2)o1. The number of aromatic nitrogens is 2. The molecule has 2 aromatic heterocycles. The normalized spacial score (nSPS) is 15.8. The van der Waals surface area contributed by atoms with E-state index in [2.05, 4.69) is 4.98 Å². The first-order valence-electron chi connectivity index (χ1n) is 8.44. The molecule has 0 radical (unpaired) electrons. The molecule has 1 aromatic carbocycles. The molecule has 0 aliphatic carbocycles. The summed E-state index contributed by atoms with van der Waals surface area (Å²) in [6, 6.07) is 11.2. The van der Waals surface area contributed by atoms with Crippen molar-refractivity contribution >= 4 is 16.9 Å². The smallest absolute Gasteiger partial charge is 0.326 e. The van der Waals surface area contributed by atoms with Crippen LogP contribution in [-0.4, -0.2) is 33.4 Å². The minimum atomic E-state index is -0.121. The molecule has 0 saturated carbocycles. The van der Waals surface area contributed by atoms with Gasteiger partial charge in [-0.1, -0.05) is 12.1 Å². The number of carbonyl (C=O) groups excluding carboxylic acids is 1. The molecule has 3 N–H and O–H groups in total. The lowest BCUT2D eigenvalue weighted by Gasteiger charge is -2.32. The van der Waals surface area contributed by atoms with Crippen molar-refractivity contribution in [3.63, 3.8) is 0 Å². The predicted octanol–water partition coefficient (Wildman–Crippen LogP) is 1.86. The number of nitrogens with two attached hydrogens (primary N) is 1. The molecule has 4 rings (SSSR count). The van der Waals surface area contributed by atoms with Crippen molar-refractivity contribution in [2.75, 3.05) is 13.1 Å². The van der Waals surface area contributed by atoms with Crippen LogP contribution in [0.4, 0.5) is 0 Å². The Morgan fingerprint density at radius 3 is 2.68 bits per heavy atom. The van der Waals surface area contributed by atoms with Crippen LogP contribution in [0.5, 0.6) is 0 Å². The Hall–Kier alpha value is -2.80. The lowest BCUT2D eigenvalue weighted by Crippen LogP contribution is -2.40. The third-order valence-electron chi connectivity index (χ3n) is 4.81. The highest BCUT2D eigenvalue weighted by atomic mass is 16.4. The van der Waals surface area contributed by atoms with Crippen molar-refractivity contribution in [3.8, 4) is 0 Å². The van der Waals surface area contributed by atoms with Crippen LogP contribution >= 0.6 is 0 Å². The van der Waals surface area contributed by atoms with Gasteiger partial charge >= 0.3 is 5.69 Å². The summed E-state index contributed by atoms with van der Waals surface area (Å²) >= 11 is 0. The van der Waals surface area contributed by atoms with E-state index in [-0.39, 0.29) is 24.2 Å². The lowest BCUT2D eigenvalue weighted by atomic mass is 10.0. The second-order valence-electron chi connectivity index (χ2n) is 6.31. The standard InChI is InChI=1S/C18H20N4O3/c19-11-13-5-6-16(25-13)17(23)21-9-7-12(8-10-21)22-15-4-2-1-3-14(15)20-18(22)24/h1-6,12H,7-11,19H2,(H,20,24). The van der Waals surface area contributed by atoms with Crippen molar-refractivity contribution in [2.24, 2.45) is 5.73 Å². The van der Waals surface area contributed by atoms with Gasteiger partial charge in [0, 0.05) is 19.1 Å². The summed E-state index contributed by atoms with van der Waals surface area (Å²) in [5.41, 5.74) is 7.18. The Kier molecular flexibility index (Phi) is 3.93. The Morgan fingerprint density at radius 2 is 1.96 bits per heavy atom. The number of piperidine rings is 1. The van der Waals surface area contributed by atoms with E-state index in [1.165, 1.54) is 0 Å². The fraction of sp³-hybridized carbons (Fsp3) is 0.333. The highest BCUT2D eigenvalue weighted by Gasteiger charge is 2.27. The van der Waals surface area contributed by atoms with Crippen LogP contribution in [-0.2, 0) is 6.54 Å². The fourth-order valence-corrected chi connectivity index (χ4v) is 3.52. The van der Waals surface area contributed by atoms with E-state index in [1.807, 2.05) is 28.8 Å². The first-order chi connectivity index (χ1) is 12.2. The molecule has 1 saturated heterocycles. The molecule has 7 heteroatoms. The van der Waals surface area contributed by atoms with Gasteiger partial charge in [-0.25, -0.2) is 4.79 Å². The number of para-hydroxylation sites is 2. The van der Waals surface area contributed by atoms with Gasteiger partial charge in [-0.05, 0) is 37.1 Å². The summed E-state index contributed by atoms with van der Waals surface area (Å²) in [7, 11) is 0. The van der Waals surface area contributed by atoms with Gasteiger partial charge in [-0.2, -0.15) is 0 Å². The summed E-state index contributed by atoms with van der Waals surface area (Å²) in [5, 5.41) is 0. The molecule has 0 atom stereocenters. The number of hydrogen-bond donors (Lipinski definition) is 2. The quantitative estimate of drug-likeness (QED) is 0.760. The number of benzene rings is 1. The number of nitrogens with one attached hydrogen (secondary N) is 1. The number of nitrogens with zero attached hydrogens (tertiary/aromatic N) is 2. The summed E-state index contributed by atoms with van der Waals surface area (Å²) < 4.78 is 7.26. The van der Waals surface area contributed by atoms with Crippen LogP contribution in [0, 0.1) is 0 Å². The second kappa shape index (κ2) is 6.25. The van der Waals surface area contributed by atoms with Gasteiger partial charge in [-0.15, -0.1) is 0 Å². The van der Waals surface area contributed by atoms with E-state index in [9.17, 15) is 9.59 Å². The van der Waals surface area contributed by atoms with Gasteiger partial charge in [0.2, 0.25) is 0 Å². The first kappa shape index (κ1) is 15.7. The molecule has 0 bridgehead atoms. The van der Waals surface area contributed by atoms with E-state index in [0.29, 0.717) is 24.6 Å². The number of likely N-dealkylation sites (tertiary alicyclic amines) is 1. The number of imidazole rings is 1. The van der Waals surface area contributed by atoms with Crippen LogP contribution in [0.3, 0.4) is 0 Å². The molecule has 1 fully saturated rings. The number of fused-ring (bicyclic) bond motifs is 1. The lowest BCUT2D eigenvalue weighted by molar-refractivity contribution is 0.0661. The van der Waals surface area contributed by atoms with E-state index < -0.39 is 0 Å². The molecule has 130 valence electrons. The van der Waals surface area contributed by atoms with Gasteiger partial charge in [0.25, 0.3) is 5.91 Å². The van der Waals surface area contributed by atoms with E-state index >= 15 is 0 Å². The van der Waals surface area contributed by atoms with Gasteiger partial charge in [-0.3, -0.25) is 9.36 Å². The third kappa shape index (κ3) is 2.76. The van der Waals surface area contributed by atoms with Crippen molar-refractivity contribution < 1.29 is 9.21 Å². The van der Waals surface area contributed by atoms with Crippen LogP contribution in [0.25, 0.3) is 11.0 Å². The number of hydrogen-bond acceptors (Lipinski definition) is 4. The average Bonchev–Trinajstić information content (AvgIpc) is 3.25. The average molecular weight is 340 g/mol. The summed E-state index contributed by atoms with van der Waals surface area (Å²) in [6.45, 7) is 1.46. The third-order valence-corrected chi connectivity index (χ3v) is 4.81. The maximum absolute atomic E-state index is 12.5. The van der Waals surface area contributed by atoms with Crippen molar-refractivity contribution in [1.29, 1.82) is 0 Å². The Balaban J connectivity index is 1.50. The topological polar surface area (TPSA) is 97.3 Å². The largest absolute Gasteiger partial charge is 0.455 e. The van der Waals surface area contributed by atoms with Crippen molar-refractivity contribution in [1.82, 2.24) is 14.5 Å². The Bertz CT molecular complexity index is 960. The summed E-state index contributed by atoms with van der Waals surface area (Å²) in [5.74, 6) is 0.802. The number of H-pyrrole nitrogens is 1. The molecule has 25 heavy (non-hydrogen) atoms. The Morgan fingerprint density at radius 1 is 1.20 bits per heavy atom. The zero-order chi connectivity index (χ0) is 17.4. The summed E-state index contributed by atoms with van der Waals surface area (Å²) in [6.07, 6.45) is 1.47. The van der Waals surface area contributed by atoms with Crippen molar-refractivity contribution in [3.05, 3.63) is 58.4 Å². The molecule has 7 nitrogen and oxygen atoms in total. The fourth-order valence-electron chi connectivity index (χ4n) is 3.52. The predicted molar refractivity (Wildman–Crippen MR) is 93.3 cm³/mol. The number of rotatable bonds is 3. The molecule has 0 spiro atoms. The Labute approximate surface area is 144 Å². The molecule has 3 aromatic rings. The highest BCUT2D eigenvalue weighted by Crippen LogP contribution is 2.25. The molecule has 3 heterocycles. The van der Waals surface area contributed by atoms with Crippen LogP contribution in [0.1, 0.15) is 35.2 Å². The zero-order valence-corrected chi connectivity index (χ0v) is 13.8. The van der Waals surface area contributed by atoms with Crippen LogP contribution < -0.4 is 11.4 Å².